The van der Waals surface area contributed by atoms with Crippen molar-refractivity contribution in [2.45, 2.75) is 43.9 Å². The Bertz CT molecular complexity index is 1030. The number of alkyl halides is 3. The van der Waals surface area contributed by atoms with Crippen molar-refractivity contribution < 1.29 is 18.3 Å². The second kappa shape index (κ2) is 7.46. The monoisotopic (exact) mass is 421 g/mol. The zero-order chi connectivity index (χ0) is 20.6. The van der Waals surface area contributed by atoms with Crippen molar-refractivity contribution in [2.75, 3.05) is 17.6 Å². The van der Waals surface area contributed by atoms with E-state index in [-0.39, 0.29) is 12.4 Å². The molecule has 1 saturated carbocycles. The number of nitrogens with two attached hydrogens (primary N) is 1. The molecule has 1 radical (unpaired) electrons. The third-order valence-electron chi connectivity index (χ3n) is 5.17. The molecular weight excluding hydrogens is 401 g/mol. The van der Waals surface area contributed by atoms with E-state index < -0.39 is 17.5 Å². The summed E-state index contributed by atoms with van der Waals surface area (Å²) < 4.78 is 40.5. The Morgan fingerprint density at radius 3 is 2.62 bits per heavy atom. The Morgan fingerprint density at radius 1 is 1.14 bits per heavy atom. The lowest BCUT2D eigenvalue weighted by molar-refractivity contribution is -0.141. The molecule has 5 nitrogen and oxygen atoms in total. The van der Waals surface area contributed by atoms with Gasteiger partial charge in [0.05, 0.1) is 15.8 Å². The van der Waals surface area contributed by atoms with Gasteiger partial charge in [-0.25, -0.2) is 9.97 Å². The molecular formula is C20H20F3N4OS. The molecule has 29 heavy (non-hydrogen) atoms. The number of rotatable bonds is 4. The first-order valence-electron chi connectivity index (χ1n) is 9.37. The Hall–Kier alpha value is -2.39. The number of thiazole rings is 1. The van der Waals surface area contributed by atoms with Crippen molar-refractivity contribution >= 4 is 32.5 Å². The van der Waals surface area contributed by atoms with E-state index in [1.54, 1.807) is 6.07 Å². The van der Waals surface area contributed by atoms with E-state index in [4.69, 9.17) is 5.73 Å². The number of hydrogen-bond acceptors (Lipinski definition) is 6. The van der Waals surface area contributed by atoms with E-state index in [1.807, 2.05) is 6.07 Å². The Balaban J connectivity index is 1.71. The number of anilines is 2. The largest absolute Gasteiger partial charge is 0.433 e. The van der Waals surface area contributed by atoms with Gasteiger partial charge in [-0.2, -0.15) is 13.2 Å². The minimum atomic E-state index is -4.56. The van der Waals surface area contributed by atoms with Crippen LogP contribution >= 0.6 is 11.3 Å². The van der Waals surface area contributed by atoms with Crippen molar-refractivity contribution in [1.29, 1.82) is 0 Å². The average Bonchev–Trinajstić information content (AvgIpc) is 3.05. The first-order valence-corrected chi connectivity index (χ1v) is 10.2. The molecule has 153 valence electrons. The number of nitrogens with one attached hydrogen (secondary N) is 1. The first kappa shape index (κ1) is 19.9. The number of benzene rings is 1. The Kier molecular flexibility index (Phi) is 5.12. The number of fused-ring (bicyclic) bond motifs is 1. The molecule has 4 N–H and O–H groups in total. The molecule has 1 fully saturated rings. The lowest BCUT2D eigenvalue weighted by atomic mass is 9.85. The summed E-state index contributed by atoms with van der Waals surface area (Å²) in [6, 6.07) is 8.99. The molecule has 0 aliphatic heterocycles. The van der Waals surface area contributed by atoms with Gasteiger partial charge < -0.3 is 16.2 Å². The summed E-state index contributed by atoms with van der Waals surface area (Å²) in [6.07, 6.45) is -0.475. The van der Waals surface area contributed by atoms with Gasteiger partial charge in [0.1, 0.15) is 11.5 Å². The molecule has 2 heterocycles. The summed E-state index contributed by atoms with van der Waals surface area (Å²) >= 11 is 1.32. The highest BCUT2D eigenvalue weighted by molar-refractivity contribution is 7.22. The van der Waals surface area contributed by atoms with Gasteiger partial charge in [-0.15, -0.1) is 0 Å². The van der Waals surface area contributed by atoms with Crippen molar-refractivity contribution in [3.05, 3.63) is 36.0 Å². The number of nitrogen functional groups attached to an aromatic ring is 1. The summed E-state index contributed by atoms with van der Waals surface area (Å²) in [7, 11) is 0. The second-order valence-electron chi connectivity index (χ2n) is 7.37. The molecule has 0 amide bonds. The molecule has 9 heteroatoms. The van der Waals surface area contributed by atoms with Crippen LogP contribution in [0.15, 0.2) is 24.3 Å². The minimum absolute atomic E-state index is 0.0672. The maximum atomic E-state index is 13.2. The van der Waals surface area contributed by atoms with Crippen molar-refractivity contribution in [2.24, 2.45) is 0 Å². The first-order chi connectivity index (χ1) is 13.7. The zero-order valence-corrected chi connectivity index (χ0v) is 16.3. The fourth-order valence-corrected chi connectivity index (χ4v) is 4.33. The highest BCUT2D eigenvalue weighted by atomic mass is 32.1. The molecule has 0 unspecified atom stereocenters. The van der Waals surface area contributed by atoms with Crippen LogP contribution in [0.25, 0.3) is 21.3 Å². The molecule has 2 aromatic heterocycles. The number of aliphatic hydroxyl groups is 1. The third-order valence-corrected chi connectivity index (χ3v) is 6.02. The molecule has 1 aliphatic rings. The summed E-state index contributed by atoms with van der Waals surface area (Å²) in [5.74, 6) is 0.0672. The van der Waals surface area contributed by atoms with Gasteiger partial charge in [0.25, 0.3) is 0 Å². The van der Waals surface area contributed by atoms with Crippen LogP contribution in [0, 0.1) is 6.07 Å². The number of nitrogens with zero attached hydrogens (tertiary/aromatic N) is 2. The summed E-state index contributed by atoms with van der Waals surface area (Å²) in [5.41, 5.74) is 5.38. The van der Waals surface area contributed by atoms with Gasteiger partial charge in [0, 0.05) is 18.2 Å². The SMILES string of the molecule is Nc1nc2[c]c(-c3ccc(C(F)(F)F)nc3NCC3(O)CCCCC3)ccc2s1. The molecule has 0 atom stereocenters. The molecule has 4 rings (SSSR count). The van der Waals surface area contributed by atoms with Gasteiger partial charge in [-0.3, -0.25) is 0 Å². The molecule has 0 spiro atoms. The fourth-order valence-electron chi connectivity index (χ4n) is 3.64. The number of aromatic nitrogens is 2. The molecule has 3 aromatic rings. The number of pyridine rings is 1. The smallest absolute Gasteiger partial charge is 0.388 e. The normalized spacial score (nSPS) is 16.8. The molecule has 1 aliphatic carbocycles. The predicted octanol–water partition coefficient (Wildman–Crippen LogP) is 4.87. The van der Waals surface area contributed by atoms with Crippen molar-refractivity contribution in [3.63, 3.8) is 0 Å². The van der Waals surface area contributed by atoms with Crippen LogP contribution in [0.5, 0.6) is 0 Å². The van der Waals surface area contributed by atoms with E-state index in [9.17, 15) is 18.3 Å². The fraction of sp³-hybridized carbons (Fsp3) is 0.400. The van der Waals surface area contributed by atoms with Crippen LogP contribution < -0.4 is 11.1 Å². The van der Waals surface area contributed by atoms with Gasteiger partial charge in [-0.1, -0.05) is 36.7 Å². The van der Waals surface area contributed by atoms with Gasteiger partial charge in [0.2, 0.25) is 0 Å². The van der Waals surface area contributed by atoms with Crippen LogP contribution in [0.4, 0.5) is 24.1 Å². The van der Waals surface area contributed by atoms with Crippen LogP contribution in [0.2, 0.25) is 0 Å². The highest BCUT2D eigenvalue weighted by Crippen LogP contribution is 2.36. The van der Waals surface area contributed by atoms with E-state index >= 15 is 0 Å². The van der Waals surface area contributed by atoms with E-state index in [1.165, 1.54) is 17.4 Å². The van der Waals surface area contributed by atoms with Crippen molar-refractivity contribution in [3.8, 4) is 11.1 Å². The maximum Gasteiger partial charge on any atom is 0.433 e. The molecule has 1 aromatic carbocycles. The topological polar surface area (TPSA) is 84.1 Å². The van der Waals surface area contributed by atoms with E-state index in [0.717, 1.165) is 30.0 Å². The standard InChI is InChI=1S/C20H20F3N4OS/c21-20(22,23)16-7-5-13(12-4-6-15-14(10-12)26-18(24)29-15)17(27-16)25-11-19(28)8-2-1-3-9-19/h4-7,28H,1-3,8-9,11H2,(H2,24,26)(H,25,27). The number of hydrogen-bond donors (Lipinski definition) is 3. The van der Waals surface area contributed by atoms with E-state index in [2.05, 4.69) is 21.4 Å². The third kappa shape index (κ3) is 4.30. The Labute approximate surface area is 169 Å². The minimum Gasteiger partial charge on any atom is -0.388 e. The van der Waals surface area contributed by atoms with Crippen LogP contribution in [0.3, 0.4) is 0 Å². The predicted molar refractivity (Wildman–Crippen MR) is 108 cm³/mol. The van der Waals surface area contributed by atoms with E-state index in [0.29, 0.717) is 34.6 Å². The lowest BCUT2D eigenvalue weighted by Gasteiger charge is -2.32. The Morgan fingerprint density at radius 2 is 1.90 bits per heavy atom. The van der Waals surface area contributed by atoms with Crippen molar-refractivity contribution in [1.82, 2.24) is 9.97 Å². The zero-order valence-electron chi connectivity index (χ0n) is 15.5. The van der Waals surface area contributed by atoms with Crippen LogP contribution in [-0.2, 0) is 6.18 Å². The molecule has 0 bridgehead atoms. The summed E-state index contributed by atoms with van der Waals surface area (Å²) in [6.45, 7) is 0.139. The lowest BCUT2D eigenvalue weighted by Crippen LogP contribution is -2.39. The van der Waals surface area contributed by atoms with Gasteiger partial charge in [-0.05, 0) is 36.6 Å². The summed E-state index contributed by atoms with van der Waals surface area (Å²) in [4.78, 5) is 8.01. The van der Waals surface area contributed by atoms with Crippen LogP contribution in [0.1, 0.15) is 37.8 Å². The van der Waals surface area contributed by atoms with Gasteiger partial charge in [0.15, 0.2) is 5.13 Å². The second-order valence-corrected chi connectivity index (χ2v) is 8.43. The molecule has 0 saturated heterocycles. The van der Waals surface area contributed by atoms with Crippen LogP contribution in [-0.4, -0.2) is 27.2 Å². The summed E-state index contributed by atoms with van der Waals surface area (Å²) in [5, 5.41) is 14.1. The average molecular weight is 421 g/mol. The quantitative estimate of drug-likeness (QED) is 0.560. The number of halogens is 3. The maximum absolute atomic E-state index is 13.2. The van der Waals surface area contributed by atoms with Gasteiger partial charge >= 0.3 is 6.18 Å². The highest BCUT2D eigenvalue weighted by Gasteiger charge is 2.34.